The Morgan fingerprint density at radius 1 is 1.05 bits per heavy atom. The van der Waals surface area contributed by atoms with Crippen molar-refractivity contribution in [3.8, 4) is 0 Å². The van der Waals surface area contributed by atoms with Crippen molar-refractivity contribution in [1.29, 1.82) is 0 Å². The lowest BCUT2D eigenvalue weighted by atomic mass is 10.2. The predicted molar refractivity (Wildman–Crippen MR) is 72.1 cm³/mol. The Morgan fingerprint density at radius 2 is 1.79 bits per heavy atom. The molecule has 0 unspecified atom stereocenters. The van der Waals surface area contributed by atoms with Crippen molar-refractivity contribution in [3.63, 3.8) is 0 Å². The molecule has 0 aliphatic heterocycles. The minimum absolute atomic E-state index is 0.0378. The van der Waals surface area contributed by atoms with Crippen LogP contribution in [0, 0.1) is 11.6 Å². The second-order valence-electron chi connectivity index (χ2n) is 3.92. The number of hydrogen-bond donors (Lipinski definition) is 1. The van der Waals surface area contributed by atoms with Crippen molar-refractivity contribution in [3.05, 3.63) is 69.7 Å². The van der Waals surface area contributed by atoms with Crippen LogP contribution in [0.1, 0.15) is 11.1 Å². The van der Waals surface area contributed by atoms with Crippen LogP contribution in [-0.2, 0) is 18.0 Å². The fourth-order valence-corrected chi connectivity index (χ4v) is 1.93. The summed E-state index contributed by atoms with van der Waals surface area (Å²) in [6.45, 7) is 0.294. The van der Waals surface area contributed by atoms with Crippen molar-refractivity contribution in [2.24, 2.45) is 0 Å². The van der Waals surface area contributed by atoms with Gasteiger partial charge in [-0.3, -0.25) is 4.84 Å². The monoisotopic (exact) mass is 327 g/mol. The van der Waals surface area contributed by atoms with Gasteiger partial charge in [-0.05, 0) is 33.6 Å². The molecule has 0 aliphatic carbocycles. The first-order valence-electron chi connectivity index (χ1n) is 5.69. The van der Waals surface area contributed by atoms with Crippen molar-refractivity contribution in [2.75, 3.05) is 0 Å². The van der Waals surface area contributed by atoms with E-state index in [-0.39, 0.29) is 16.6 Å². The van der Waals surface area contributed by atoms with E-state index in [1.165, 1.54) is 12.1 Å². The third-order valence-corrected chi connectivity index (χ3v) is 3.18. The van der Waals surface area contributed by atoms with E-state index in [1.807, 2.05) is 30.3 Å². The standard InChI is InChI=1S/C14H12BrF2NO/c15-12-6-7-13(16)11(14(12)17)8-18-19-9-10-4-2-1-3-5-10/h1-7,18H,8-9H2. The van der Waals surface area contributed by atoms with Crippen molar-refractivity contribution < 1.29 is 13.6 Å². The van der Waals surface area contributed by atoms with Gasteiger partial charge in [0.2, 0.25) is 0 Å². The Labute approximate surface area is 118 Å². The van der Waals surface area contributed by atoms with Crippen LogP contribution >= 0.6 is 15.9 Å². The molecule has 2 rings (SSSR count). The minimum Gasteiger partial charge on any atom is -0.297 e. The lowest BCUT2D eigenvalue weighted by Crippen LogP contribution is -2.16. The van der Waals surface area contributed by atoms with Gasteiger partial charge in [-0.15, -0.1) is 0 Å². The highest BCUT2D eigenvalue weighted by atomic mass is 79.9. The first-order valence-corrected chi connectivity index (χ1v) is 6.48. The Bertz CT molecular complexity index is 549. The normalized spacial score (nSPS) is 10.7. The second-order valence-corrected chi connectivity index (χ2v) is 4.77. The van der Waals surface area contributed by atoms with Crippen molar-refractivity contribution >= 4 is 15.9 Å². The Kier molecular flexibility index (Phi) is 5.01. The smallest absolute Gasteiger partial charge is 0.144 e. The molecule has 0 bridgehead atoms. The maximum absolute atomic E-state index is 13.6. The Morgan fingerprint density at radius 3 is 2.53 bits per heavy atom. The average Bonchev–Trinajstić information content (AvgIpc) is 2.43. The summed E-state index contributed by atoms with van der Waals surface area (Å²) in [5.74, 6) is -1.22. The maximum atomic E-state index is 13.6. The first kappa shape index (κ1) is 14.1. The highest BCUT2D eigenvalue weighted by Gasteiger charge is 2.11. The zero-order chi connectivity index (χ0) is 13.7. The van der Waals surface area contributed by atoms with E-state index in [4.69, 9.17) is 4.84 Å². The topological polar surface area (TPSA) is 21.3 Å². The van der Waals surface area contributed by atoms with Gasteiger partial charge >= 0.3 is 0 Å². The summed E-state index contributed by atoms with van der Waals surface area (Å²) in [6.07, 6.45) is 0. The summed E-state index contributed by atoms with van der Waals surface area (Å²) in [5.41, 5.74) is 3.48. The SMILES string of the molecule is Fc1ccc(Br)c(F)c1CNOCc1ccccc1. The molecule has 2 nitrogen and oxygen atoms in total. The molecule has 2 aromatic rings. The molecule has 0 radical (unpaired) electrons. The third kappa shape index (κ3) is 3.83. The fraction of sp³-hybridized carbons (Fsp3) is 0.143. The molecule has 0 saturated carbocycles. The van der Waals surface area contributed by atoms with Crippen LogP contribution < -0.4 is 5.48 Å². The van der Waals surface area contributed by atoms with Crippen molar-refractivity contribution in [2.45, 2.75) is 13.2 Å². The van der Waals surface area contributed by atoms with Gasteiger partial charge in [-0.2, -0.15) is 5.48 Å². The summed E-state index contributed by atoms with van der Waals surface area (Å²) < 4.78 is 27.3. The zero-order valence-corrected chi connectivity index (χ0v) is 11.6. The van der Waals surface area contributed by atoms with E-state index >= 15 is 0 Å². The van der Waals surface area contributed by atoms with E-state index in [9.17, 15) is 8.78 Å². The largest absolute Gasteiger partial charge is 0.297 e. The Hall–Kier alpha value is -1.30. The molecule has 0 aromatic heterocycles. The molecular weight excluding hydrogens is 316 g/mol. The molecule has 2 aromatic carbocycles. The van der Waals surface area contributed by atoms with E-state index in [0.29, 0.717) is 6.61 Å². The number of benzene rings is 2. The van der Waals surface area contributed by atoms with Crippen LogP contribution in [0.3, 0.4) is 0 Å². The molecule has 100 valence electrons. The Balaban J connectivity index is 1.88. The van der Waals surface area contributed by atoms with E-state index < -0.39 is 11.6 Å². The summed E-state index contributed by atoms with van der Waals surface area (Å²) in [4.78, 5) is 5.17. The van der Waals surface area contributed by atoms with E-state index in [2.05, 4.69) is 21.4 Å². The van der Waals surface area contributed by atoms with Crippen LogP contribution in [-0.4, -0.2) is 0 Å². The third-order valence-electron chi connectivity index (χ3n) is 2.57. The van der Waals surface area contributed by atoms with Crippen LogP contribution in [0.2, 0.25) is 0 Å². The number of nitrogens with one attached hydrogen (secondary N) is 1. The van der Waals surface area contributed by atoms with Gasteiger partial charge < -0.3 is 0 Å². The van der Waals surface area contributed by atoms with Gasteiger partial charge in [0.15, 0.2) is 0 Å². The van der Waals surface area contributed by atoms with Gasteiger partial charge in [0.1, 0.15) is 11.6 Å². The van der Waals surface area contributed by atoms with E-state index in [0.717, 1.165) is 5.56 Å². The lowest BCUT2D eigenvalue weighted by Gasteiger charge is -2.08. The molecule has 0 heterocycles. The average molecular weight is 328 g/mol. The van der Waals surface area contributed by atoms with Gasteiger partial charge in [-0.25, -0.2) is 8.78 Å². The highest BCUT2D eigenvalue weighted by molar-refractivity contribution is 9.10. The molecule has 0 fully saturated rings. The van der Waals surface area contributed by atoms with Crippen LogP contribution in [0.25, 0.3) is 0 Å². The summed E-state index contributed by atoms with van der Waals surface area (Å²) >= 11 is 3.02. The summed E-state index contributed by atoms with van der Waals surface area (Å²) in [6, 6.07) is 12.0. The minimum atomic E-state index is -0.615. The zero-order valence-electron chi connectivity index (χ0n) is 10.00. The molecule has 0 aliphatic rings. The molecule has 0 atom stereocenters. The lowest BCUT2D eigenvalue weighted by molar-refractivity contribution is 0.0223. The van der Waals surface area contributed by atoms with Gasteiger partial charge in [0.25, 0.3) is 0 Å². The summed E-state index contributed by atoms with van der Waals surface area (Å²) in [5, 5.41) is 0. The van der Waals surface area contributed by atoms with Crippen molar-refractivity contribution in [1.82, 2.24) is 5.48 Å². The van der Waals surface area contributed by atoms with Gasteiger partial charge in [0.05, 0.1) is 17.6 Å². The highest BCUT2D eigenvalue weighted by Crippen LogP contribution is 2.21. The number of halogens is 3. The molecular formula is C14H12BrF2NO. The van der Waals surface area contributed by atoms with Gasteiger partial charge in [0, 0.05) is 5.56 Å². The number of rotatable bonds is 5. The van der Waals surface area contributed by atoms with Gasteiger partial charge in [-0.1, -0.05) is 30.3 Å². The molecule has 5 heteroatoms. The van der Waals surface area contributed by atoms with E-state index in [1.54, 1.807) is 0 Å². The quantitative estimate of drug-likeness (QED) is 0.510. The maximum Gasteiger partial charge on any atom is 0.144 e. The molecule has 0 amide bonds. The predicted octanol–water partition coefficient (Wildman–Crippen LogP) is 3.95. The summed E-state index contributed by atoms with van der Waals surface area (Å²) in [7, 11) is 0. The second kappa shape index (κ2) is 6.75. The number of hydroxylamine groups is 1. The first-order chi connectivity index (χ1) is 9.18. The molecule has 0 saturated heterocycles. The molecule has 19 heavy (non-hydrogen) atoms. The molecule has 1 N–H and O–H groups in total. The van der Waals surface area contributed by atoms with Crippen LogP contribution in [0.4, 0.5) is 8.78 Å². The molecule has 0 spiro atoms. The number of hydrogen-bond acceptors (Lipinski definition) is 2. The van der Waals surface area contributed by atoms with Crippen LogP contribution in [0.5, 0.6) is 0 Å². The fourth-order valence-electron chi connectivity index (χ4n) is 1.56. The van der Waals surface area contributed by atoms with Crippen LogP contribution in [0.15, 0.2) is 46.9 Å².